The Morgan fingerprint density at radius 1 is 1.90 bits per heavy atom. The number of hydrogen-bond donors (Lipinski definition) is 1. The summed E-state index contributed by atoms with van der Waals surface area (Å²) in [6, 6.07) is 0. The number of carbonyl (C=O) groups excluding carboxylic acids is 1. The summed E-state index contributed by atoms with van der Waals surface area (Å²) >= 11 is 0. The van der Waals surface area contributed by atoms with Gasteiger partial charge in [-0.3, -0.25) is 0 Å². The van der Waals surface area contributed by atoms with Gasteiger partial charge >= 0.3 is 35.5 Å². The minimum atomic E-state index is -1.28. The molecule has 0 aliphatic rings. The van der Waals surface area contributed by atoms with Crippen molar-refractivity contribution in [2.24, 2.45) is 0 Å². The maximum atomic E-state index is 11.8. The van der Waals surface area contributed by atoms with Crippen molar-refractivity contribution in [1.29, 1.82) is 0 Å². The van der Waals surface area contributed by atoms with Crippen LogP contribution in [0.1, 0.15) is 8.35 Å². The molecular weight excluding hydrogens is 150 g/mol. The van der Waals surface area contributed by atoms with E-state index >= 15 is 0 Å². The van der Waals surface area contributed by atoms with E-state index in [9.17, 15) is 9.18 Å². The smallest absolute Gasteiger partial charge is 1.00 e. The molecule has 0 atom stereocenters. The average molecular weight is 158 g/mol. The van der Waals surface area contributed by atoms with Crippen molar-refractivity contribution in [1.82, 2.24) is 0 Å². The summed E-state index contributed by atoms with van der Waals surface area (Å²) in [5.74, 6) is -2.42. The van der Waals surface area contributed by atoms with Crippen molar-refractivity contribution in [2.45, 2.75) is 6.92 Å². The summed E-state index contributed by atoms with van der Waals surface area (Å²) in [7, 11) is 0. The van der Waals surface area contributed by atoms with Crippen LogP contribution >= 0.6 is 0 Å². The van der Waals surface area contributed by atoms with Crippen LogP contribution in [0, 0.1) is 0 Å². The molecule has 1 N–H and O–H groups in total. The molecule has 0 aromatic rings. The SMILES string of the molecule is CCOC(=O)C(F)=CO.[H-].[Na+]. The van der Waals surface area contributed by atoms with Gasteiger partial charge in [0.2, 0.25) is 5.83 Å². The Kier molecular flexibility index (Phi) is 8.89. The zero-order chi connectivity index (χ0) is 7.28. The summed E-state index contributed by atoms with van der Waals surface area (Å²) in [6.45, 7) is 1.64. The van der Waals surface area contributed by atoms with Gasteiger partial charge in [-0.25, -0.2) is 4.79 Å². The molecule has 0 aromatic heterocycles. The minimum absolute atomic E-state index is 0. The molecule has 0 rings (SSSR count). The Morgan fingerprint density at radius 2 is 2.40 bits per heavy atom. The van der Waals surface area contributed by atoms with Gasteiger partial charge in [0, 0.05) is 0 Å². The van der Waals surface area contributed by atoms with E-state index in [-0.39, 0.29) is 43.9 Å². The molecule has 0 heterocycles. The standard InChI is InChI=1S/C5H7FO3.Na.H/c1-2-9-5(8)4(6)3-7;;/h3,7H,2H2,1H3;;/q;+1;-1. The quantitative estimate of drug-likeness (QED) is 0.219. The fourth-order valence-corrected chi connectivity index (χ4v) is 0.253. The van der Waals surface area contributed by atoms with Gasteiger partial charge < -0.3 is 11.3 Å². The van der Waals surface area contributed by atoms with Crippen LogP contribution in [0.2, 0.25) is 0 Å². The van der Waals surface area contributed by atoms with Crippen LogP contribution in [0.3, 0.4) is 0 Å². The van der Waals surface area contributed by atoms with Crippen molar-refractivity contribution in [2.75, 3.05) is 6.61 Å². The Labute approximate surface area is 81.6 Å². The fraction of sp³-hybridized carbons (Fsp3) is 0.400. The second-order valence-corrected chi connectivity index (χ2v) is 1.20. The van der Waals surface area contributed by atoms with Crippen LogP contribution in [0.15, 0.2) is 12.1 Å². The van der Waals surface area contributed by atoms with E-state index in [1.165, 1.54) is 0 Å². The van der Waals surface area contributed by atoms with E-state index in [1.54, 1.807) is 6.92 Å². The Hall–Kier alpha value is -0.0600. The molecule has 0 saturated carbocycles. The van der Waals surface area contributed by atoms with Crippen LogP contribution in [0.4, 0.5) is 4.39 Å². The fourth-order valence-electron chi connectivity index (χ4n) is 0.253. The van der Waals surface area contributed by atoms with Crippen molar-refractivity contribution in [3.63, 3.8) is 0 Å². The molecule has 0 aliphatic carbocycles. The van der Waals surface area contributed by atoms with Gasteiger partial charge in [0.05, 0.1) is 6.61 Å². The monoisotopic (exact) mass is 158 g/mol. The Balaban J connectivity index is -0.000000320. The van der Waals surface area contributed by atoms with E-state index in [2.05, 4.69) is 4.74 Å². The summed E-state index contributed by atoms with van der Waals surface area (Å²) in [5, 5.41) is 7.89. The number of hydrogen-bond acceptors (Lipinski definition) is 3. The van der Waals surface area contributed by atoms with Crippen molar-refractivity contribution >= 4 is 5.97 Å². The third-order valence-corrected chi connectivity index (χ3v) is 0.584. The molecule has 54 valence electrons. The first-order chi connectivity index (χ1) is 4.22. The van der Waals surface area contributed by atoms with Gasteiger partial charge in [-0.15, -0.1) is 0 Å². The van der Waals surface area contributed by atoms with E-state index in [1.807, 2.05) is 0 Å². The Bertz CT molecular complexity index is 140. The maximum Gasteiger partial charge on any atom is 1.00 e. The third-order valence-electron chi connectivity index (χ3n) is 0.584. The first-order valence-corrected chi connectivity index (χ1v) is 2.39. The molecule has 0 bridgehead atoms. The van der Waals surface area contributed by atoms with Crippen molar-refractivity contribution in [3.05, 3.63) is 12.1 Å². The maximum absolute atomic E-state index is 11.8. The van der Waals surface area contributed by atoms with Gasteiger partial charge in [-0.2, -0.15) is 4.39 Å². The number of ether oxygens (including phenoxy) is 1. The molecule has 10 heavy (non-hydrogen) atoms. The summed E-state index contributed by atoms with van der Waals surface area (Å²) in [4.78, 5) is 10.1. The normalized spacial score (nSPS) is 10.0. The second-order valence-electron chi connectivity index (χ2n) is 1.20. The largest absolute Gasteiger partial charge is 1.00 e. The minimum Gasteiger partial charge on any atom is -1.00 e. The van der Waals surface area contributed by atoms with Crippen LogP contribution in [0.25, 0.3) is 0 Å². The van der Waals surface area contributed by atoms with E-state index in [4.69, 9.17) is 5.11 Å². The molecule has 0 radical (unpaired) electrons. The van der Waals surface area contributed by atoms with Crippen LogP contribution < -0.4 is 29.6 Å². The number of aliphatic hydroxyl groups is 1. The predicted octanol–water partition coefficient (Wildman–Crippen LogP) is -1.97. The van der Waals surface area contributed by atoms with Gasteiger partial charge in [-0.05, 0) is 6.92 Å². The summed E-state index contributed by atoms with van der Waals surface area (Å²) < 4.78 is 16.0. The molecule has 0 saturated heterocycles. The molecule has 0 aromatic carbocycles. The molecule has 0 fully saturated rings. The van der Waals surface area contributed by atoms with Crippen molar-refractivity contribution in [3.8, 4) is 0 Å². The van der Waals surface area contributed by atoms with Crippen LogP contribution in [-0.4, -0.2) is 17.7 Å². The molecule has 0 unspecified atom stereocenters. The van der Waals surface area contributed by atoms with Crippen LogP contribution in [0.5, 0.6) is 0 Å². The van der Waals surface area contributed by atoms with Crippen molar-refractivity contribution < 1.29 is 50.0 Å². The van der Waals surface area contributed by atoms with E-state index in [0.717, 1.165) is 0 Å². The third kappa shape index (κ3) is 4.78. The van der Waals surface area contributed by atoms with Gasteiger partial charge in [0.25, 0.3) is 0 Å². The number of halogens is 1. The molecule has 3 nitrogen and oxygen atoms in total. The molecule has 0 spiro atoms. The second kappa shape index (κ2) is 7.05. The number of esters is 1. The van der Waals surface area contributed by atoms with Gasteiger partial charge in [0.1, 0.15) is 6.26 Å². The zero-order valence-corrected chi connectivity index (χ0v) is 7.93. The summed E-state index contributed by atoms with van der Waals surface area (Å²) in [5.41, 5.74) is 0. The van der Waals surface area contributed by atoms with Gasteiger partial charge in [0.15, 0.2) is 0 Å². The first kappa shape index (κ1) is 12.6. The summed E-state index contributed by atoms with van der Waals surface area (Å²) in [6.07, 6.45) is 0.0675. The topological polar surface area (TPSA) is 46.5 Å². The molecular formula is C5H8FNaO3. The van der Waals surface area contributed by atoms with Crippen LogP contribution in [-0.2, 0) is 9.53 Å². The van der Waals surface area contributed by atoms with Gasteiger partial charge in [-0.1, -0.05) is 0 Å². The molecule has 5 heteroatoms. The number of rotatable bonds is 2. The zero-order valence-electron chi connectivity index (χ0n) is 6.93. The number of carbonyl (C=O) groups is 1. The predicted molar refractivity (Wildman–Crippen MR) is 29.6 cm³/mol. The molecule has 0 aliphatic heterocycles. The number of aliphatic hydroxyl groups excluding tert-OH is 1. The first-order valence-electron chi connectivity index (χ1n) is 2.39. The van der Waals surface area contributed by atoms with E-state index in [0.29, 0.717) is 0 Å². The Morgan fingerprint density at radius 3 is 2.70 bits per heavy atom. The average Bonchev–Trinajstić information content (AvgIpc) is 1.87. The van der Waals surface area contributed by atoms with E-state index < -0.39 is 11.8 Å². The molecule has 0 amide bonds.